The van der Waals surface area contributed by atoms with Crippen LogP contribution >= 0.6 is 27.5 Å². The molecule has 18 heavy (non-hydrogen) atoms. The lowest BCUT2D eigenvalue weighted by molar-refractivity contribution is -0.119. The van der Waals surface area contributed by atoms with Gasteiger partial charge in [-0.2, -0.15) is 0 Å². The lowest BCUT2D eigenvalue weighted by Gasteiger charge is -2.10. The first-order chi connectivity index (χ1) is 8.37. The number of nitrogens with one attached hydrogen (secondary N) is 1. The fourth-order valence-electron chi connectivity index (χ4n) is 1.82. The van der Waals surface area contributed by atoms with Gasteiger partial charge in [-0.3, -0.25) is 4.79 Å². The SMILES string of the molecule is O=C(Nc1ccc(Cl)c(Br)c1)C1CCS(=O)(=O)C1. The molecule has 1 heterocycles. The highest BCUT2D eigenvalue weighted by atomic mass is 79.9. The molecule has 0 radical (unpaired) electrons. The summed E-state index contributed by atoms with van der Waals surface area (Å²) in [7, 11) is -3.04. The zero-order chi connectivity index (χ0) is 13.3. The van der Waals surface area contributed by atoms with Crippen LogP contribution in [0.5, 0.6) is 0 Å². The zero-order valence-electron chi connectivity index (χ0n) is 9.32. The van der Waals surface area contributed by atoms with Crippen LogP contribution in [0, 0.1) is 5.92 Å². The average Bonchev–Trinajstić information content (AvgIpc) is 2.64. The molecule has 0 bridgehead atoms. The predicted octanol–water partition coefficient (Wildman–Crippen LogP) is 2.48. The van der Waals surface area contributed by atoms with Crippen LogP contribution in [0.4, 0.5) is 5.69 Å². The topological polar surface area (TPSA) is 63.2 Å². The molecule has 98 valence electrons. The van der Waals surface area contributed by atoms with Gasteiger partial charge in [0.05, 0.1) is 22.4 Å². The number of carbonyl (C=O) groups is 1. The van der Waals surface area contributed by atoms with Crippen molar-refractivity contribution in [1.29, 1.82) is 0 Å². The Morgan fingerprint density at radius 2 is 2.17 bits per heavy atom. The number of hydrogen-bond acceptors (Lipinski definition) is 3. The summed E-state index contributed by atoms with van der Waals surface area (Å²) in [5.74, 6) is -0.682. The zero-order valence-corrected chi connectivity index (χ0v) is 12.5. The van der Waals surface area contributed by atoms with Gasteiger partial charge in [0, 0.05) is 10.2 Å². The van der Waals surface area contributed by atoms with Gasteiger partial charge in [-0.15, -0.1) is 0 Å². The Hall–Kier alpha value is -0.590. The van der Waals surface area contributed by atoms with Crippen molar-refractivity contribution >= 4 is 49.0 Å². The van der Waals surface area contributed by atoms with Crippen LogP contribution in [0.15, 0.2) is 22.7 Å². The van der Waals surface area contributed by atoms with E-state index in [0.717, 1.165) is 0 Å². The number of amides is 1. The fourth-order valence-corrected chi connectivity index (χ4v) is 4.06. The molecule has 1 saturated heterocycles. The Labute approximate surface area is 119 Å². The lowest BCUT2D eigenvalue weighted by atomic mass is 10.1. The van der Waals surface area contributed by atoms with Crippen molar-refractivity contribution < 1.29 is 13.2 Å². The summed E-state index contributed by atoms with van der Waals surface area (Å²) in [6.45, 7) is 0. The van der Waals surface area contributed by atoms with Gasteiger partial charge in [-0.1, -0.05) is 11.6 Å². The molecule has 1 atom stereocenters. The van der Waals surface area contributed by atoms with E-state index in [1.54, 1.807) is 18.2 Å². The van der Waals surface area contributed by atoms with Crippen LogP contribution in [-0.4, -0.2) is 25.8 Å². The highest BCUT2D eigenvalue weighted by Gasteiger charge is 2.32. The normalized spacial score (nSPS) is 21.8. The van der Waals surface area contributed by atoms with Crippen molar-refractivity contribution in [3.63, 3.8) is 0 Å². The molecule has 7 heteroatoms. The van der Waals surface area contributed by atoms with Crippen LogP contribution in [-0.2, 0) is 14.6 Å². The van der Waals surface area contributed by atoms with Crippen molar-refractivity contribution in [2.75, 3.05) is 16.8 Å². The summed E-state index contributed by atoms with van der Waals surface area (Å²) in [5.41, 5.74) is 0.598. The molecule has 1 aromatic rings. The molecule has 1 N–H and O–H groups in total. The molecule has 0 spiro atoms. The number of sulfone groups is 1. The quantitative estimate of drug-likeness (QED) is 0.889. The highest BCUT2D eigenvalue weighted by Crippen LogP contribution is 2.26. The molecule has 1 fully saturated rings. The first-order valence-corrected chi connectivity index (χ1v) is 8.33. The van der Waals surface area contributed by atoms with E-state index in [1.165, 1.54) is 0 Å². The van der Waals surface area contributed by atoms with Crippen LogP contribution in [0.25, 0.3) is 0 Å². The maximum absolute atomic E-state index is 11.9. The Bertz CT molecular complexity index is 588. The van der Waals surface area contributed by atoms with Crippen LogP contribution in [0.1, 0.15) is 6.42 Å². The molecule has 1 amide bonds. The Morgan fingerprint density at radius 3 is 2.72 bits per heavy atom. The molecule has 0 saturated carbocycles. The standard InChI is InChI=1S/C11H11BrClNO3S/c12-9-5-8(1-2-10(9)13)14-11(15)7-3-4-18(16,17)6-7/h1-2,5,7H,3-4,6H2,(H,14,15). The average molecular weight is 353 g/mol. The van der Waals surface area contributed by atoms with Crippen molar-refractivity contribution in [3.05, 3.63) is 27.7 Å². The van der Waals surface area contributed by atoms with Crippen LogP contribution in [0.3, 0.4) is 0 Å². The first kappa shape index (κ1) is 13.8. The molecule has 1 aliphatic rings. The number of halogens is 2. The number of benzene rings is 1. The van der Waals surface area contributed by atoms with Crippen molar-refractivity contribution in [2.45, 2.75) is 6.42 Å². The molecule has 0 aliphatic carbocycles. The number of rotatable bonds is 2. The molecular formula is C11H11BrClNO3S. The summed E-state index contributed by atoms with van der Waals surface area (Å²) in [4.78, 5) is 11.9. The van der Waals surface area contributed by atoms with Gasteiger partial charge in [0.15, 0.2) is 9.84 Å². The van der Waals surface area contributed by atoms with Crippen molar-refractivity contribution in [1.82, 2.24) is 0 Å². The molecule has 2 rings (SSSR count). The Morgan fingerprint density at radius 1 is 1.44 bits per heavy atom. The number of hydrogen-bond donors (Lipinski definition) is 1. The summed E-state index contributed by atoms with van der Waals surface area (Å²) in [5, 5.41) is 3.25. The maximum Gasteiger partial charge on any atom is 0.228 e. The van der Waals surface area contributed by atoms with Crippen LogP contribution < -0.4 is 5.32 Å². The van der Waals surface area contributed by atoms with E-state index in [2.05, 4.69) is 21.2 Å². The minimum absolute atomic E-state index is 0.0619. The summed E-state index contributed by atoms with van der Waals surface area (Å²) in [6, 6.07) is 5.02. The first-order valence-electron chi connectivity index (χ1n) is 5.34. The minimum atomic E-state index is -3.04. The summed E-state index contributed by atoms with van der Waals surface area (Å²) < 4.78 is 23.3. The second-order valence-corrected chi connectivity index (χ2v) is 7.71. The van der Waals surface area contributed by atoms with Crippen molar-refractivity contribution in [2.24, 2.45) is 5.92 Å². The Balaban J connectivity index is 2.06. The number of carbonyl (C=O) groups excluding carboxylic acids is 1. The van der Waals surface area contributed by atoms with Gasteiger partial charge in [0.1, 0.15) is 0 Å². The minimum Gasteiger partial charge on any atom is -0.326 e. The summed E-state index contributed by atoms with van der Waals surface area (Å²) >= 11 is 9.10. The van der Waals surface area contributed by atoms with Crippen molar-refractivity contribution in [3.8, 4) is 0 Å². The third-order valence-corrected chi connectivity index (χ3v) is 5.77. The van der Waals surface area contributed by atoms with E-state index in [0.29, 0.717) is 21.6 Å². The molecule has 0 aromatic heterocycles. The predicted molar refractivity (Wildman–Crippen MR) is 74.5 cm³/mol. The molecule has 1 aromatic carbocycles. The Kier molecular flexibility index (Phi) is 3.99. The van der Waals surface area contributed by atoms with Gasteiger partial charge >= 0.3 is 0 Å². The molecule has 1 unspecified atom stereocenters. The lowest BCUT2D eigenvalue weighted by Crippen LogP contribution is -2.23. The molecule has 4 nitrogen and oxygen atoms in total. The van der Waals surface area contributed by atoms with E-state index >= 15 is 0 Å². The second kappa shape index (κ2) is 5.19. The number of anilines is 1. The van der Waals surface area contributed by atoms with Gasteiger partial charge < -0.3 is 5.32 Å². The fraction of sp³-hybridized carbons (Fsp3) is 0.364. The van der Waals surface area contributed by atoms with Gasteiger partial charge in [-0.05, 0) is 40.5 Å². The van der Waals surface area contributed by atoms with E-state index in [4.69, 9.17) is 11.6 Å². The van der Waals surface area contributed by atoms with Gasteiger partial charge in [0.25, 0.3) is 0 Å². The van der Waals surface area contributed by atoms with E-state index < -0.39 is 15.8 Å². The second-order valence-electron chi connectivity index (χ2n) is 4.22. The third kappa shape index (κ3) is 3.24. The van der Waals surface area contributed by atoms with E-state index in [1.807, 2.05) is 0 Å². The van der Waals surface area contributed by atoms with Gasteiger partial charge in [0.2, 0.25) is 5.91 Å². The molecular weight excluding hydrogens is 342 g/mol. The highest BCUT2D eigenvalue weighted by molar-refractivity contribution is 9.10. The van der Waals surface area contributed by atoms with E-state index in [-0.39, 0.29) is 17.4 Å². The monoisotopic (exact) mass is 351 g/mol. The van der Waals surface area contributed by atoms with Crippen LogP contribution in [0.2, 0.25) is 5.02 Å². The smallest absolute Gasteiger partial charge is 0.228 e. The largest absolute Gasteiger partial charge is 0.326 e. The summed E-state index contributed by atoms with van der Waals surface area (Å²) in [6.07, 6.45) is 0.392. The maximum atomic E-state index is 11.9. The molecule has 1 aliphatic heterocycles. The van der Waals surface area contributed by atoms with E-state index in [9.17, 15) is 13.2 Å². The van der Waals surface area contributed by atoms with Gasteiger partial charge in [-0.25, -0.2) is 8.42 Å². The third-order valence-electron chi connectivity index (χ3n) is 2.79.